The number of ether oxygens (including phenoxy) is 1. The molecule has 2 aromatic rings. The minimum atomic E-state index is -0.0414. The molecule has 20 heavy (non-hydrogen) atoms. The van der Waals surface area contributed by atoms with E-state index in [0.29, 0.717) is 12.4 Å². The number of aromatic nitrogens is 2. The first-order valence-electron chi connectivity index (χ1n) is 6.69. The number of aryl methyl sites for hydroxylation is 1. The van der Waals surface area contributed by atoms with Crippen LogP contribution in [0.3, 0.4) is 0 Å². The molecular weight excluding hydrogens is 256 g/mol. The molecule has 106 valence electrons. The maximum absolute atomic E-state index is 5.79. The van der Waals surface area contributed by atoms with E-state index in [1.807, 2.05) is 25.1 Å². The van der Waals surface area contributed by atoms with Gasteiger partial charge in [0.2, 0.25) is 0 Å². The van der Waals surface area contributed by atoms with Crippen molar-refractivity contribution in [3.05, 3.63) is 41.4 Å². The molecule has 6 heteroatoms. The Kier molecular flexibility index (Phi) is 3.66. The molecule has 3 rings (SSSR count). The number of rotatable bonds is 3. The smallest absolute Gasteiger partial charge is 0.133 e. The van der Waals surface area contributed by atoms with Crippen molar-refractivity contribution in [2.24, 2.45) is 0 Å². The summed E-state index contributed by atoms with van der Waals surface area (Å²) in [5.74, 6) is 1.36. The van der Waals surface area contributed by atoms with Crippen LogP contribution in [-0.2, 0) is 11.3 Å². The third kappa shape index (κ3) is 2.97. The van der Waals surface area contributed by atoms with Gasteiger partial charge in [-0.15, -0.1) is 0 Å². The molecule has 1 aliphatic heterocycles. The van der Waals surface area contributed by atoms with Crippen LogP contribution in [0.1, 0.15) is 23.3 Å². The van der Waals surface area contributed by atoms with Crippen LogP contribution in [0.15, 0.2) is 28.8 Å². The monoisotopic (exact) mass is 274 g/mol. The minimum Gasteiger partial charge on any atom is -0.384 e. The molecule has 0 unspecified atom stereocenters. The quantitative estimate of drug-likeness (QED) is 0.914. The zero-order chi connectivity index (χ0) is 13.9. The summed E-state index contributed by atoms with van der Waals surface area (Å²) < 4.78 is 10.9. The van der Waals surface area contributed by atoms with Gasteiger partial charge in [-0.25, -0.2) is 4.98 Å². The first kappa shape index (κ1) is 13.1. The fourth-order valence-electron chi connectivity index (χ4n) is 2.39. The Labute approximate surface area is 117 Å². The second-order valence-electron chi connectivity index (χ2n) is 5.01. The molecule has 0 aromatic carbocycles. The van der Waals surface area contributed by atoms with Gasteiger partial charge in [0.15, 0.2) is 0 Å². The maximum Gasteiger partial charge on any atom is 0.133 e. The second-order valence-corrected chi connectivity index (χ2v) is 5.01. The van der Waals surface area contributed by atoms with Crippen molar-refractivity contribution in [1.82, 2.24) is 15.0 Å². The highest BCUT2D eigenvalue weighted by Crippen LogP contribution is 2.22. The predicted octanol–water partition coefficient (Wildman–Crippen LogP) is 1.53. The molecule has 1 fully saturated rings. The van der Waals surface area contributed by atoms with E-state index >= 15 is 0 Å². The maximum atomic E-state index is 5.79. The van der Waals surface area contributed by atoms with Crippen molar-refractivity contribution >= 4 is 5.82 Å². The van der Waals surface area contributed by atoms with Crippen LogP contribution in [0.25, 0.3) is 0 Å². The summed E-state index contributed by atoms with van der Waals surface area (Å²) in [7, 11) is 0. The molecule has 0 radical (unpaired) electrons. The lowest BCUT2D eigenvalue weighted by Crippen LogP contribution is -2.38. The van der Waals surface area contributed by atoms with E-state index < -0.39 is 0 Å². The molecule has 0 bridgehead atoms. The summed E-state index contributed by atoms with van der Waals surface area (Å²) in [4.78, 5) is 6.62. The molecule has 0 saturated carbocycles. The largest absolute Gasteiger partial charge is 0.384 e. The SMILES string of the molecule is Cc1cc(CN2CCO[C@H](c3cccc(N)n3)C2)no1. The fourth-order valence-corrected chi connectivity index (χ4v) is 2.39. The summed E-state index contributed by atoms with van der Waals surface area (Å²) in [6.07, 6.45) is -0.0414. The Morgan fingerprint density at radius 2 is 2.35 bits per heavy atom. The Hall–Kier alpha value is -1.92. The number of nitrogen functional groups attached to an aromatic ring is 1. The molecule has 1 saturated heterocycles. The second kappa shape index (κ2) is 5.60. The number of hydrogen-bond donors (Lipinski definition) is 1. The van der Waals surface area contributed by atoms with Gasteiger partial charge in [0.25, 0.3) is 0 Å². The zero-order valence-electron chi connectivity index (χ0n) is 11.5. The Morgan fingerprint density at radius 1 is 1.45 bits per heavy atom. The average molecular weight is 274 g/mol. The van der Waals surface area contributed by atoms with Crippen molar-refractivity contribution in [2.75, 3.05) is 25.4 Å². The van der Waals surface area contributed by atoms with E-state index in [1.54, 1.807) is 6.07 Å². The topological polar surface area (TPSA) is 77.4 Å². The van der Waals surface area contributed by atoms with Gasteiger partial charge in [-0.05, 0) is 19.1 Å². The molecule has 6 nitrogen and oxygen atoms in total. The highest BCUT2D eigenvalue weighted by atomic mass is 16.5. The van der Waals surface area contributed by atoms with Crippen LogP contribution >= 0.6 is 0 Å². The Bertz CT molecular complexity index is 584. The van der Waals surface area contributed by atoms with Crippen LogP contribution in [0.2, 0.25) is 0 Å². The molecule has 1 atom stereocenters. The van der Waals surface area contributed by atoms with Crippen molar-refractivity contribution in [3.8, 4) is 0 Å². The van der Waals surface area contributed by atoms with Gasteiger partial charge >= 0.3 is 0 Å². The lowest BCUT2D eigenvalue weighted by molar-refractivity contribution is -0.0354. The lowest BCUT2D eigenvalue weighted by atomic mass is 10.2. The third-order valence-electron chi connectivity index (χ3n) is 3.33. The van der Waals surface area contributed by atoms with Gasteiger partial charge < -0.3 is 15.0 Å². The van der Waals surface area contributed by atoms with E-state index in [-0.39, 0.29) is 6.10 Å². The van der Waals surface area contributed by atoms with Gasteiger partial charge in [0, 0.05) is 25.7 Å². The number of hydrogen-bond acceptors (Lipinski definition) is 6. The normalized spacial score (nSPS) is 20.1. The van der Waals surface area contributed by atoms with Crippen molar-refractivity contribution in [2.45, 2.75) is 19.6 Å². The van der Waals surface area contributed by atoms with Gasteiger partial charge in [-0.3, -0.25) is 4.90 Å². The third-order valence-corrected chi connectivity index (χ3v) is 3.33. The average Bonchev–Trinajstić information content (AvgIpc) is 2.84. The van der Waals surface area contributed by atoms with Crippen LogP contribution in [0.4, 0.5) is 5.82 Å². The first-order valence-corrected chi connectivity index (χ1v) is 6.69. The number of anilines is 1. The van der Waals surface area contributed by atoms with Crippen LogP contribution < -0.4 is 5.73 Å². The van der Waals surface area contributed by atoms with E-state index in [1.165, 1.54) is 0 Å². The summed E-state index contributed by atoms with van der Waals surface area (Å²) in [6.45, 7) is 5.00. The highest BCUT2D eigenvalue weighted by molar-refractivity contribution is 5.29. The van der Waals surface area contributed by atoms with E-state index in [9.17, 15) is 0 Å². The first-order chi connectivity index (χ1) is 9.70. The number of nitrogens with two attached hydrogens (primary N) is 1. The fraction of sp³-hybridized carbons (Fsp3) is 0.429. The Balaban J connectivity index is 1.67. The van der Waals surface area contributed by atoms with Crippen LogP contribution in [0, 0.1) is 6.92 Å². The summed E-state index contributed by atoms with van der Waals surface area (Å²) >= 11 is 0. The molecule has 2 aromatic heterocycles. The number of pyridine rings is 1. The number of morpholine rings is 1. The summed E-state index contributed by atoms with van der Waals surface area (Å²) in [5, 5.41) is 4.03. The molecule has 3 heterocycles. The standard InChI is InChI=1S/C14H18N4O2/c1-10-7-11(17-20-10)8-18-5-6-19-13(9-18)12-3-2-4-14(15)16-12/h2-4,7,13H,5-6,8-9H2,1H3,(H2,15,16)/t13-/m0/s1. The van der Waals surface area contributed by atoms with Crippen LogP contribution in [0.5, 0.6) is 0 Å². The summed E-state index contributed by atoms with van der Waals surface area (Å²) in [6, 6.07) is 7.59. The van der Waals surface area contributed by atoms with Crippen LogP contribution in [-0.4, -0.2) is 34.7 Å². The highest BCUT2D eigenvalue weighted by Gasteiger charge is 2.23. The molecule has 0 amide bonds. The molecular formula is C14H18N4O2. The van der Waals surface area contributed by atoms with Gasteiger partial charge in [-0.1, -0.05) is 11.2 Å². The predicted molar refractivity (Wildman–Crippen MR) is 73.9 cm³/mol. The van der Waals surface area contributed by atoms with E-state index in [4.69, 9.17) is 15.0 Å². The minimum absolute atomic E-state index is 0.0414. The molecule has 1 aliphatic rings. The van der Waals surface area contributed by atoms with Crippen molar-refractivity contribution in [3.63, 3.8) is 0 Å². The van der Waals surface area contributed by atoms with Crippen molar-refractivity contribution < 1.29 is 9.26 Å². The number of nitrogens with zero attached hydrogens (tertiary/aromatic N) is 3. The summed E-state index contributed by atoms with van der Waals surface area (Å²) in [5.41, 5.74) is 7.55. The van der Waals surface area contributed by atoms with Gasteiger partial charge in [0.1, 0.15) is 17.7 Å². The van der Waals surface area contributed by atoms with E-state index in [2.05, 4.69) is 15.0 Å². The van der Waals surface area contributed by atoms with Gasteiger partial charge in [-0.2, -0.15) is 0 Å². The Morgan fingerprint density at radius 3 is 3.10 bits per heavy atom. The van der Waals surface area contributed by atoms with Crippen molar-refractivity contribution in [1.29, 1.82) is 0 Å². The molecule has 2 N–H and O–H groups in total. The lowest BCUT2D eigenvalue weighted by Gasteiger charge is -2.32. The molecule has 0 spiro atoms. The molecule has 0 aliphatic carbocycles. The van der Waals surface area contributed by atoms with E-state index in [0.717, 1.165) is 36.8 Å². The van der Waals surface area contributed by atoms with Gasteiger partial charge in [0.05, 0.1) is 18.0 Å². The zero-order valence-corrected chi connectivity index (χ0v) is 11.5.